The van der Waals surface area contributed by atoms with Crippen molar-refractivity contribution in [3.05, 3.63) is 29.3 Å². The highest BCUT2D eigenvalue weighted by Crippen LogP contribution is 2.23. The van der Waals surface area contributed by atoms with Gasteiger partial charge in [-0.2, -0.15) is 0 Å². The highest BCUT2D eigenvalue weighted by molar-refractivity contribution is 5.31. The minimum Gasteiger partial charge on any atom is -0.485 e. The first kappa shape index (κ1) is 13.9. The predicted molar refractivity (Wildman–Crippen MR) is 61.1 cm³/mol. The number of hydrogen-bond acceptors (Lipinski definition) is 3. The van der Waals surface area contributed by atoms with Crippen molar-refractivity contribution in [2.24, 2.45) is 0 Å². The molecule has 1 rings (SSSR count). The van der Waals surface area contributed by atoms with E-state index in [0.29, 0.717) is 25.3 Å². The average molecular weight is 245 g/mol. The zero-order valence-corrected chi connectivity index (χ0v) is 10.1. The van der Waals surface area contributed by atoms with Gasteiger partial charge in [0.15, 0.2) is 17.4 Å². The van der Waals surface area contributed by atoms with E-state index < -0.39 is 11.6 Å². The van der Waals surface area contributed by atoms with Crippen molar-refractivity contribution in [2.75, 3.05) is 26.9 Å². The fraction of sp³-hybridized carbons (Fsp3) is 0.500. The van der Waals surface area contributed by atoms with Crippen molar-refractivity contribution in [1.29, 1.82) is 0 Å². The lowest BCUT2D eigenvalue weighted by molar-refractivity contribution is 0.107. The number of hydrogen-bond donors (Lipinski definition) is 1. The molecule has 0 radical (unpaired) electrons. The van der Waals surface area contributed by atoms with Gasteiger partial charge in [-0.05, 0) is 31.7 Å². The molecule has 0 bridgehead atoms. The van der Waals surface area contributed by atoms with Crippen LogP contribution in [-0.4, -0.2) is 26.9 Å². The van der Waals surface area contributed by atoms with E-state index in [2.05, 4.69) is 5.32 Å². The summed E-state index contributed by atoms with van der Waals surface area (Å²) in [6.07, 6.45) is 0. The topological polar surface area (TPSA) is 30.5 Å². The lowest BCUT2D eigenvalue weighted by atomic mass is 10.2. The van der Waals surface area contributed by atoms with E-state index in [1.54, 1.807) is 7.05 Å². The van der Waals surface area contributed by atoms with Gasteiger partial charge in [-0.25, -0.2) is 8.78 Å². The molecule has 1 N–H and O–H groups in total. The maximum Gasteiger partial charge on any atom is 0.190 e. The summed E-state index contributed by atoms with van der Waals surface area (Å²) in [4.78, 5) is 0. The van der Waals surface area contributed by atoms with Gasteiger partial charge in [0, 0.05) is 13.2 Å². The summed E-state index contributed by atoms with van der Waals surface area (Å²) < 4.78 is 37.0. The van der Waals surface area contributed by atoms with E-state index in [1.165, 1.54) is 12.1 Å². The van der Waals surface area contributed by atoms with Crippen LogP contribution >= 0.6 is 0 Å². The predicted octanol–water partition coefficient (Wildman–Crippen LogP) is 2.10. The lowest BCUT2D eigenvalue weighted by Gasteiger charge is -2.10. The van der Waals surface area contributed by atoms with Crippen LogP contribution in [0.4, 0.5) is 8.78 Å². The maximum atomic E-state index is 13.5. The summed E-state index contributed by atoms with van der Waals surface area (Å²) in [5.41, 5.74) is 0.541. The van der Waals surface area contributed by atoms with Gasteiger partial charge < -0.3 is 14.8 Å². The molecule has 1 aromatic carbocycles. The van der Waals surface area contributed by atoms with Crippen LogP contribution < -0.4 is 10.1 Å². The molecule has 3 nitrogen and oxygen atoms in total. The molecule has 0 aliphatic rings. The molecule has 0 saturated heterocycles. The van der Waals surface area contributed by atoms with Crippen LogP contribution in [0.15, 0.2) is 12.1 Å². The second kappa shape index (κ2) is 7.19. The summed E-state index contributed by atoms with van der Waals surface area (Å²) in [6, 6.07) is 2.52. The Labute approximate surface area is 99.7 Å². The van der Waals surface area contributed by atoms with Gasteiger partial charge in [0.05, 0.1) is 6.61 Å². The molecule has 0 heterocycles. The number of ether oxygens (including phenoxy) is 2. The molecule has 0 fully saturated rings. The van der Waals surface area contributed by atoms with Crippen LogP contribution in [-0.2, 0) is 11.3 Å². The van der Waals surface area contributed by atoms with Crippen LogP contribution in [0, 0.1) is 11.6 Å². The number of benzene rings is 1. The smallest absolute Gasteiger partial charge is 0.190 e. The van der Waals surface area contributed by atoms with E-state index in [-0.39, 0.29) is 12.4 Å². The standard InChI is InChI=1S/C12H17F2NO2/c1-3-16-4-5-17-12-10(13)6-9(8-15-2)7-11(12)14/h6-7,15H,3-5,8H2,1-2H3. The molecule has 0 aliphatic carbocycles. The Morgan fingerprint density at radius 2 is 1.82 bits per heavy atom. The Morgan fingerprint density at radius 3 is 2.35 bits per heavy atom. The fourth-order valence-electron chi connectivity index (χ4n) is 1.40. The second-order valence-corrected chi connectivity index (χ2v) is 3.46. The fourth-order valence-corrected chi connectivity index (χ4v) is 1.40. The van der Waals surface area contributed by atoms with Crippen LogP contribution in [0.5, 0.6) is 5.75 Å². The Hall–Kier alpha value is -1.20. The first-order valence-electron chi connectivity index (χ1n) is 5.52. The van der Waals surface area contributed by atoms with Gasteiger partial charge in [-0.15, -0.1) is 0 Å². The third-order valence-electron chi connectivity index (χ3n) is 2.12. The van der Waals surface area contributed by atoms with Crippen molar-refractivity contribution >= 4 is 0 Å². The SMILES string of the molecule is CCOCCOc1c(F)cc(CNC)cc1F. The van der Waals surface area contributed by atoms with Gasteiger partial charge >= 0.3 is 0 Å². The minimum absolute atomic E-state index is 0.132. The first-order chi connectivity index (χ1) is 8.19. The Balaban J connectivity index is 2.65. The minimum atomic E-state index is -0.688. The Kier molecular flexibility index (Phi) is 5.86. The molecule has 5 heteroatoms. The zero-order valence-electron chi connectivity index (χ0n) is 10.1. The number of nitrogens with one attached hydrogen (secondary N) is 1. The van der Waals surface area contributed by atoms with Crippen molar-refractivity contribution in [1.82, 2.24) is 5.32 Å². The third-order valence-corrected chi connectivity index (χ3v) is 2.12. The molecule has 96 valence electrons. The summed E-state index contributed by atoms with van der Waals surface area (Å²) in [7, 11) is 1.71. The Morgan fingerprint density at radius 1 is 1.18 bits per heavy atom. The zero-order chi connectivity index (χ0) is 12.7. The van der Waals surface area contributed by atoms with Crippen LogP contribution in [0.25, 0.3) is 0 Å². The molecule has 1 aromatic rings. The highest BCUT2D eigenvalue weighted by atomic mass is 19.1. The van der Waals surface area contributed by atoms with E-state index in [4.69, 9.17) is 9.47 Å². The number of halogens is 2. The summed E-state index contributed by atoms with van der Waals surface area (Å²) in [5, 5.41) is 2.82. The molecule has 0 atom stereocenters. The van der Waals surface area contributed by atoms with Gasteiger partial charge in [0.2, 0.25) is 0 Å². The molecule has 0 aromatic heterocycles. The molecule has 0 amide bonds. The normalized spacial score (nSPS) is 10.6. The summed E-state index contributed by atoms with van der Waals surface area (Å²) in [5.74, 6) is -1.72. The van der Waals surface area contributed by atoms with Crippen molar-refractivity contribution < 1.29 is 18.3 Å². The molecule has 0 saturated carbocycles. The molecule has 0 aliphatic heterocycles. The van der Waals surface area contributed by atoms with E-state index in [0.717, 1.165) is 0 Å². The van der Waals surface area contributed by atoms with Crippen LogP contribution in [0.2, 0.25) is 0 Å². The Bertz CT molecular complexity index is 335. The number of rotatable bonds is 7. The van der Waals surface area contributed by atoms with Gasteiger partial charge in [0.25, 0.3) is 0 Å². The second-order valence-electron chi connectivity index (χ2n) is 3.46. The van der Waals surface area contributed by atoms with Gasteiger partial charge in [-0.3, -0.25) is 0 Å². The van der Waals surface area contributed by atoms with Crippen LogP contribution in [0.1, 0.15) is 12.5 Å². The highest BCUT2D eigenvalue weighted by Gasteiger charge is 2.12. The van der Waals surface area contributed by atoms with Gasteiger partial charge in [0.1, 0.15) is 6.61 Å². The summed E-state index contributed by atoms with van der Waals surface area (Å²) >= 11 is 0. The molecule has 0 unspecified atom stereocenters. The average Bonchev–Trinajstić information content (AvgIpc) is 2.27. The van der Waals surface area contributed by atoms with Crippen molar-refractivity contribution in [3.8, 4) is 5.75 Å². The van der Waals surface area contributed by atoms with Crippen molar-refractivity contribution in [2.45, 2.75) is 13.5 Å². The summed E-state index contributed by atoms with van der Waals surface area (Å²) in [6.45, 7) is 3.25. The molecule has 17 heavy (non-hydrogen) atoms. The van der Waals surface area contributed by atoms with E-state index in [9.17, 15) is 8.78 Å². The molecule has 0 spiro atoms. The van der Waals surface area contributed by atoms with Gasteiger partial charge in [-0.1, -0.05) is 0 Å². The lowest BCUT2D eigenvalue weighted by Crippen LogP contribution is -2.10. The monoisotopic (exact) mass is 245 g/mol. The van der Waals surface area contributed by atoms with E-state index in [1.807, 2.05) is 6.92 Å². The van der Waals surface area contributed by atoms with Crippen LogP contribution in [0.3, 0.4) is 0 Å². The van der Waals surface area contributed by atoms with Crippen molar-refractivity contribution in [3.63, 3.8) is 0 Å². The maximum absolute atomic E-state index is 13.5. The largest absolute Gasteiger partial charge is 0.485 e. The third kappa shape index (κ3) is 4.28. The molecular formula is C12H17F2NO2. The molecular weight excluding hydrogens is 228 g/mol. The first-order valence-corrected chi connectivity index (χ1v) is 5.52. The van der Waals surface area contributed by atoms with E-state index >= 15 is 0 Å². The quantitative estimate of drug-likeness (QED) is 0.746.